The minimum absolute atomic E-state index is 0.388. The van der Waals surface area contributed by atoms with Gasteiger partial charge in [0.1, 0.15) is 0 Å². The van der Waals surface area contributed by atoms with Crippen molar-refractivity contribution >= 4 is 0 Å². The molecule has 15 heavy (non-hydrogen) atoms. The van der Waals surface area contributed by atoms with Crippen molar-refractivity contribution in [3.63, 3.8) is 0 Å². The van der Waals surface area contributed by atoms with E-state index in [1.165, 1.54) is 51.6 Å². The van der Waals surface area contributed by atoms with Gasteiger partial charge in [-0.05, 0) is 44.7 Å². The van der Waals surface area contributed by atoms with Crippen LogP contribution in [0.3, 0.4) is 0 Å². The fourth-order valence-electron chi connectivity index (χ4n) is 3.44. The van der Waals surface area contributed by atoms with Crippen LogP contribution in [0, 0.1) is 5.92 Å². The fourth-order valence-corrected chi connectivity index (χ4v) is 3.44. The van der Waals surface area contributed by atoms with Crippen LogP contribution in [0.25, 0.3) is 0 Å². The lowest BCUT2D eigenvalue weighted by Gasteiger charge is -2.49. The maximum absolute atomic E-state index is 3.84. The minimum atomic E-state index is 0.388. The third-order valence-electron chi connectivity index (χ3n) is 4.43. The van der Waals surface area contributed by atoms with E-state index in [4.69, 9.17) is 0 Å². The van der Waals surface area contributed by atoms with E-state index in [9.17, 15) is 0 Å². The second-order valence-electron chi connectivity index (χ2n) is 5.58. The molecule has 0 aliphatic carbocycles. The van der Waals surface area contributed by atoms with Gasteiger partial charge in [-0.15, -0.1) is 0 Å². The van der Waals surface area contributed by atoms with Crippen molar-refractivity contribution in [3.8, 4) is 0 Å². The molecule has 2 aliphatic heterocycles. The summed E-state index contributed by atoms with van der Waals surface area (Å²) < 4.78 is 0. The summed E-state index contributed by atoms with van der Waals surface area (Å²) in [6.07, 6.45) is 8.27. The van der Waals surface area contributed by atoms with Crippen LogP contribution in [0.15, 0.2) is 0 Å². The van der Waals surface area contributed by atoms with E-state index >= 15 is 0 Å². The summed E-state index contributed by atoms with van der Waals surface area (Å²) >= 11 is 0. The summed E-state index contributed by atoms with van der Waals surface area (Å²) in [6, 6.07) is 0.714. The maximum atomic E-state index is 3.84. The second kappa shape index (κ2) is 4.84. The van der Waals surface area contributed by atoms with E-state index in [0.717, 1.165) is 5.92 Å². The molecule has 2 heterocycles. The third-order valence-corrected chi connectivity index (χ3v) is 4.43. The smallest absolute Gasteiger partial charge is 0.0358 e. The normalized spacial score (nSPS) is 38.2. The Hall–Kier alpha value is -0.0800. The first-order chi connectivity index (χ1) is 7.26. The maximum Gasteiger partial charge on any atom is 0.0358 e. The van der Waals surface area contributed by atoms with Crippen molar-refractivity contribution < 1.29 is 0 Å². The molecule has 0 saturated carbocycles. The van der Waals surface area contributed by atoms with E-state index in [1.54, 1.807) is 0 Å². The molecule has 0 radical (unpaired) electrons. The van der Waals surface area contributed by atoms with E-state index in [1.807, 2.05) is 0 Å². The molecule has 2 rings (SSSR count). The van der Waals surface area contributed by atoms with Gasteiger partial charge < -0.3 is 10.6 Å². The molecule has 2 nitrogen and oxygen atoms in total. The third kappa shape index (κ3) is 2.21. The van der Waals surface area contributed by atoms with Crippen LogP contribution in [0.1, 0.15) is 52.4 Å². The molecule has 0 bridgehead atoms. The van der Waals surface area contributed by atoms with Crippen LogP contribution >= 0.6 is 0 Å². The van der Waals surface area contributed by atoms with Crippen LogP contribution in [0.5, 0.6) is 0 Å². The predicted octanol–water partition coefficient (Wildman–Crippen LogP) is 2.30. The van der Waals surface area contributed by atoms with Gasteiger partial charge in [-0.3, -0.25) is 0 Å². The largest absolute Gasteiger partial charge is 0.312 e. The highest BCUT2D eigenvalue weighted by atomic mass is 15.1. The predicted molar refractivity (Wildman–Crippen MR) is 65.1 cm³/mol. The molecule has 0 amide bonds. The monoisotopic (exact) mass is 210 g/mol. The number of nitrogens with one attached hydrogen (secondary N) is 2. The van der Waals surface area contributed by atoms with E-state index in [2.05, 4.69) is 24.5 Å². The Kier molecular flexibility index (Phi) is 3.68. The summed E-state index contributed by atoms with van der Waals surface area (Å²) in [4.78, 5) is 0. The highest BCUT2D eigenvalue weighted by molar-refractivity contribution is 5.03. The molecule has 0 spiro atoms. The molecular formula is C13H26N2. The molecule has 2 unspecified atom stereocenters. The van der Waals surface area contributed by atoms with Crippen molar-refractivity contribution in [1.29, 1.82) is 0 Å². The molecule has 0 aromatic heterocycles. The standard InChI is InChI=1S/C13H26N2/c1-11(2)13(8-4-6-10-15-13)12-7-3-5-9-14-12/h11-12,14-15H,3-10H2,1-2H3. The van der Waals surface area contributed by atoms with Gasteiger partial charge in [-0.1, -0.05) is 26.7 Å². The van der Waals surface area contributed by atoms with Crippen LogP contribution < -0.4 is 10.6 Å². The Morgan fingerprint density at radius 1 is 1.07 bits per heavy atom. The van der Waals surface area contributed by atoms with Crippen molar-refractivity contribution in [2.24, 2.45) is 5.92 Å². The zero-order chi connectivity index (χ0) is 10.7. The topological polar surface area (TPSA) is 24.1 Å². The molecule has 2 atom stereocenters. The molecule has 2 heteroatoms. The van der Waals surface area contributed by atoms with Crippen molar-refractivity contribution in [2.45, 2.75) is 64.0 Å². The molecular weight excluding hydrogens is 184 g/mol. The molecule has 2 N–H and O–H groups in total. The lowest BCUT2D eigenvalue weighted by molar-refractivity contribution is 0.110. The Morgan fingerprint density at radius 3 is 2.40 bits per heavy atom. The van der Waals surface area contributed by atoms with E-state index < -0.39 is 0 Å². The first kappa shape index (κ1) is 11.4. The zero-order valence-electron chi connectivity index (χ0n) is 10.3. The number of rotatable bonds is 2. The van der Waals surface area contributed by atoms with Crippen molar-refractivity contribution in [2.75, 3.05) is 13.1 Å². The van der Waals surface area contributed by atoms with Crippen LogP contribution in [-0.2, 0) is 0 Å². The van der Waals surface area contributed by atoms with Crippen molar-refractivity contribution in [1.82, 2.24) is 10.6 Å². The van der Waals surface area contributed by atoms with Gasteiger partial charge in [0, 0.05) is 11.6 Å². The summed E-state index contributed by atoms with van der Waals surface area (Å²) in [5.74, 6) is 0.744. The van der Waals surface area contributed by atoms with Gasteiger partial charge in [0.05, 0.1) is 0 Å². The highest BCUT2D eigenvalue weighted by Crippen LogP contribution is 2.33. The Labute approximate surface area is 94.2 Å². The molecule has 0 aromatic carbocycles. The zero-order valence-corrected chi connectivity index (χ0v) is 10.3. The first-order valence-electron chi connectivity index (χ1n) is 6.74. The van der Waals surface area contributed by atoms with Crippen LogP contribution in [-0.4, -0.2) is 24.7 Å². The van der Waals surface area contributed by atoms with Crippen LogP contribution in [0.4, 0.5) is 0 Å². The van der Waals surface area contributed by atoms with Gasteiger partial charge in [0.15, 0.2) is 0 Å². The lowest BCUT2D eigenvalue weighted by atomic mass is 9.71. The quantitative estimate of drug-likeness (QED) is 0.731. The second-order valence-corrected chi connectivity index (χ2v) is 5.58. The van der Waals surface area contributed by atoms with E-state index in [0.29, 0.717) is 11.6 Å². The van der Waals surface area contributed by atoms with Gasteiger partial charge in [0.2, 0.25) is 0 Å². The summed E-state index contributed by atoms with van der Waals surface area (Å²) in [5, 5.41) is 7.59. The number of hydrogen-bond acceptors (Lipinski definition) is 2. The summed E-state index contributed by atoms with van der Waals surface area (Å²) in [6.45, 7) is 7.21. The van der Waals surface area contributed by atoms with Crippen LogP contribution in [0.2, 0.25) is 0 Å². The molecule has 2 saturated heterocycles. The number of hydrogen-bond donors (Lipinski definition) is 2. The molecule has 0 aromatic rings. The van der Waals surface area contributed by atoms with Crippen molar-refractivity contribution in [3.05, 3.63) is 0 Å². The van der Waals surface area contributed by atoms with Gasteiger partial charge in [0.25, 0.3) is 0 Å². The highest BCUT2D eigenvalue weighted by Gasteiger charge is 2.42. The summed E-state index contributed by atoms with van der Waals surface area (Å²) in [7, 11) is 0. The lowest BCUT2D eigenvalue weighted by Crippen LogP contribution is -2.65. The Morgan fingerprint density at radius 2 is 1.87 bits per heavy atom. The Balaban J connectivity index is 2.09. The van der Waals surface area contributed by atoms with Gasteiger partial charge >= 0.3 is 0 Å². The molecule has 2 aliphatic rings. The SMILES string of the molecule is CC(C)C1(C2CCCCN2)CCCCN1. The fraction of sp³-hybridized carbons (Fsp3) is 1.00. The number of piperidine rings is 2. The van der Waals surface area contributed by atoms with Gasteiger partial charge in [-0.25, -0.2) is 0 Å². The average molecular weight is 210 g/mol. The molecule has 2 fully saturated rings. The average Bonchev–Trinajstić information content (AvgIpc) is 2.31. The minimum Gasteiger partial charge on any atom is -0.312 e. The van der Waals surface area contributed by atoms with E-state index in [-0.39, 0.29) is 0 Å². The first-order valence-corrected chi connectivity index (χ1v) is 6.74. The van der Waals surface area contributed by atoms with Gasteiger partial charge in [-0.2, -0.15) is 0 Å². The summed E-state index contributed by atoms with van der Waals surface area (Å²) in [5.41, 5.74) is 0.388. The molecule has 88 valence electrons. The Bertz CT molecular complexity index is 189.